The Morgan fingerprint density at radius 3 is 2.70 bits per heavy atom. The van der Waals surface area contributed by atoms with Crippen molar-refractivity contribution in [3.05, 3.63) is 29.6 Å². The van der Waals surface area contributed by atoms with Crippen molar-refractivity contribution in [2.45, 2.75) is 45.2 Å². The van der Waals surface area contributed by atoms with E-state index in [0.29, 0.717) is 18.7 Å². The van der Waals surface area contributed by atoms with Crippen molar-refractivity contribution in [3.8, 4) is 0 Å². The summed E-state index contributed by atoms with van der Waals surface area (Å²) in [7, 11) is 0. The molecule has 0 radical (unpaired) electrons. The number of nitrogens with one attached hydrogen (secondary N) is 1. The van der Waals surface area contributed by atoms with E-state index in [2.05, 4.69) is 12.2 Å². The van der Waals surface area contributed by atoms with Gasteiger partial charge in [0.1, 0.15) is 5.82 Å². The second kappa shape index (κ2) is 6.48. The standard InChI is InChI=1S/C15H21F3N2/c1-3-5-19-12-4-6-20(10(2)7-12)14-9-11(16)8-13(17)15(14)18/h8-10,12,19H,3-7H2,1-2H3. The number of nitrogens with zero attached hydrogens (tertiary/aromatic N) is 1. The van der Waals surface area contributed by atoms with E-state index < -0.39 is 17.5 Å². The highest BCUT2D eigenvalue weighted by Crippen LogP contribution is 2.29. The predicted molar refractivity (Wildman–Crippen MR) is 74.4 cm³/mol. The zero-order chi connectivity index (χ0) is 14.7. The van der Waals surface area contributed by atoms with E-state index in [-0.39, 0.29) is 11.7 Å². The minimum absolute atomic E-state index is 0.0314. The Balaban J connectivity index is 2.11. The summed E-state index contributed by atoms with van der Waals surface area (Å²) in [5, 5.41) is 3.44. The lowest BCUT2D eigenvalue weighted by molar-refractivity contribution is 0.364. The lowest BCUT2D eigenvalue weighted by Gasteiger charge is -2.39. The monoisotopic (exact) mass is 286 g/mol. The fourth-order valence-corrected chi connectivity index (χ4v) is 2.82. The highest BCUT2D eigenvalue weighted by Gasteiger charge is 2.28. The Bertz CT molecular complexity index is 465. The Hall–Kier alpha value is -1.23. The van der Waals surface area contributed by atoms with Crippen molar-refractivity contribution in [2.75, 3.05) is 18.0 Å². The van der Waals surface area contributed by atoms with Crippen LogP contribution in [-0.4, -0.2) is 25.2 Å². The molecule has 112 valence electrons. The molecular weight excluding hydrogens is 265 g/mol. The Labute approximate surface area is 118 Å². The molecule has 2 unspecified atom stereocenters. The second-order valence-corrected chi connectivity index (χ2v) is 5.44. The average molecular weight is 286 g/mol. The van der Waals surface area contributed by atoms with Crippen molar-refractivity contribution in [1.29, 1.82) is 0 Å². The summed E-state index contributed by atoms with van der Waals surface area (Å²) in [6.45, 7) is 5.63. The number of hydrogen-bond acceptors (Lipinski definition) is 2. The SMILES string of the molecule is CCCNC1CCN(c2cc(F)cc(F)c2F)C(C)C1. The van der Waals surface area contributed by atoms with Gasteiger partial charge in [0.25, 0.3) is 0 Å². The molecule has 1 heterocycles. The summed E-state index contributed by atoms with van der Waals surface area (Å²) in [6.07, 6.45) is 2.76. The van der Waals surface area contributed by atoms with Crippen molar-refractivity contribution in [2.24, 2.45) is 0 Å². The van der Waals surface area contributed by atoms with E-state index in [1.807, 2.05) is 6.92 Å². The molecular formula is C15H21F3N2. The zero-order valence-electron chi connectivity index (χ0n) is 11.9. The number of piperidine rings is 1. The Kier molecular flexibility index (Phi) is 4.91. The molecule has 0 aromatic heterocycles. The van der Waals surface area contributed by atoms with Crippen LogP contribution in [0.15, 0.2) is 12.1 Å². The smallest absolute Gasteiger partial charge is 0.182 e. The molecule has 1 aromatic carbocycles. The summed E-state index contributed by atoms with van der Waals surface area (Å²) in [5.41, 5.74) is 0.0314. The first-order valence-electron chi connectivity index (χ1n) is 7.17. The van der Waals surface area contributed by atoms with Crippen LogP contribution in [0.25, 0.3) is 0 Å². The molecule has 1 aliphatic heterocycles. The number of rotatable bonds is 4. The lowest BCUT2D eigenvalue weighted by atomic mass is 9.97. The van der Waals surface area contributed by atoms with Crippen molar-refractivity contribution < 1.29 is 13.2 Å². The maximum atomic E-state index is 13.8. The van der Waals surface area contributed by atoms with E-state index in [1.54, 1.807) is 4.90 Å². The van der Waals surface area contributed by atoms with Gasteiger partial charge in [-0.05, 0) is 32.7 Å². The molecule has 1 N–H and O–H groups in total. The van der Waals surface area contributed by atoms with E-state index in [1.165, 1.54) is 0 Å². The molecule has 20 heavy (non-hydrogen) atoms. The van der Waals surface area contributed by atoms with Crippen LogP contribution in [0.5, 0.6) is 0 Å². The van der Waals surface area contributed by atoms with Crippen LogP contribution in [-0.2, 0) is 0 Å². The Morgan fingerprint density at radius 1 is 1.30 bits per heavy atom. The molecule has 0 amide bonds. The van der Waals surface area contributed by atoms with Crippen LogP contribution in [0.4, 0.5) is 18.9 Å². The molecule has 0 saturated carbocycles. The van der Waals surface area contributed by atoms with E-state index >= 15 is 0 Å². The van der Waals surface area contributed by atoms with Crippen LogP contribution < -0.4 is 10.2 Å². The molecule has 1 fully saturated rings. The summed E-state index contributed by atoms with van der Waals surface area (Å²) >= 11 is 0. The normalized spacial score (nSPS) is 23.1. The first kappa shape index (κ1) is 15.2. The number of hydrogen-bond donors (Lipinski definition) is 1. The van der Waals surface area contributed by atoms with E-state index in [0.717, 1.165) is 31.9 Å². The maximum absolute atomic E-state index is 13.8. The maximum Gasteiger partial charge on any atom is 0.182 e. The largest absolute Gasteiger partial charge is 0.366 e. The Morgan fingerprint density at radius 2 is 2.05 bits per heavy atom. The third-order valence-electron chi connectivity index (χ3n) is 3.84. The molecule has 1 saturated heterocycles. The van der Waals surface area contributed by atoms with Gasteiger partial charge in [-0.1, -0.05) is 6.92 Å². The average Bonchev–Trinajstić information content (AvgIpc) is 2.41. The highest BCUT2D eigenvalue weighted by molar-refractivity contribution is 5.50. The zero-order valence-corrected chi connectivity index (χ0v) is 11.9. The molecule has 0 bridgehead atoms. The molecule has 2 rings (SSSR count). The van der Waals surface area contributed by atoms with Crippen LogP contribution >= 0.6 is 0 Å². The summed E-state index contributed by atoms with van der Waals surface area (Å²) in [5.74, 6) is -2.83. The fourth-order valence-electron chi connectivity index (χ4n) is 2.82. The van der Waals surface area contributed by atoms with Crippen LogP contribution in [0.2, 0.25) is 0 Å². The van der Waals surface area contributed by atoms with Gasteiger partial charge in [0.05, 0.1) is 5.69 Å². The first-order chi connectivity index (χ1) is 9.52. The van der Waals surface area contributed by atoms with Gasteiger partial charge in [-0.3, -0.25) is 0 Å². The summed E-state index contributed by atoms with van der Waals surface area (Å²) in [4.78, 5) is 1.76. The fraction of sp³-hybridized carbons (Fsp3) is 0.600. The minimum Gasteiger partial charge on any atom is -0.366 e. The van der Waals surface area contributed by atoms with E-state index in [9.17, 15) is 13.2 Å². The number of anilines is 1. The van der Waals surface area contributed by atoms with Crippen LogP contribution in [0, 0.1) is 17.5 Å². The van der Waals surface area contributed by atoms with Crippen molar-refractivity contribution in [3.63, 3.8) is 0 Å². The van der Waals surface area contributed by atoms with Gasteiger partial charge in [0.2, 0.25) is 0 Å². The van der Waals surface area contributed by atoms with Gasteiger partial charge >= 0.3 is 0 Å². The van der Waals surface area contributed by atoms with Crippen molar-refractivity contribution >= 4 is 5.69 Å². The number of benzene rings is 1. The minimum atomic E-state index is -1.13. The predicted octanol–water partition coefficient (Wildman–Crippen LogP) is 3.46. The molecule has 1 aliphatic rings. The number of halogens is 3. The first-order valence-corrected chi connectivity index (χ1v) is 7.17. The quantitative estimate of drug-likeness (QED) is 0.853. The van der Waals surface area contributed by atoms with Gasteiger partial charge in [-0.2, -0.15) is 0 Å². The van der Waals surface area contributed by atoms with E-state index in [4.69, 9.17) is 0 Å². The van der Waals surface area contributed by atoms with Crippen LogP contribution in [0.3, 0.4) is 0 Å². The van der Waals surface area contributed by atoms with Gasteiger partial charge in [-0.15, -0.1) is 0 Å². The highest BCUT2D eigenvalue weighted by atomic mass is 19.2. The third-order valence-corrected chi connectivity index (χ3v) is 3.84. The van der Waals surface area contributed by atoms with Crippen molar-refractivity contribution in [1.82, 2.24) is 5.32 Å². The molecule has 0 aliphatic carbocycles. The summed E-state index contributed by atoms with van der Waals surface area (Å²) < 4.78 is 40.4. The molecule has 0 spiro atoms. The molecule has 5 heteroatoms. The lowest BCUT2D eigenvalue weighted by Crippen LogP contribution is -2.48. The summed E-state index contributed by atoms with van der Waals surface area (Å²) in [6, 6.07) is 2.10. The van der Waals surface area contributed by atoms with Gasteiger partial charge in [0, 0.05) is 30.8 Å². The second-order valence-electron chi connectivity index (χ2n) is 5.44. The third kappa shape index (κ3) is 3.26. The van der Waals surface area contributed by atoms with Gasteiger partial charge < -0.3 is 10.2 Å². The molecule has 2 nitrogen and oxygen atoms in total. The topological polar surface area (TPSA) is 15.3 Å². The molecule has 1 aromatic rings. The van der Waals surface area contributed by atoms with Gasteiger partial charge in [0.15, 0.2) is 11.6 Å². The molecule has 2 atom stereocenters. The van der Waals surface area contributed by atoms with Crippen LogP contribution in [0.1, 0.15) is 33.1 Å². The van der Waals surface area contributed by atoms with Gasteiger partial charge in [-0.25, -0.2) is 13.2 Å².